The minimum absolute atomic E-state index is 0. The van der Waals surface area contributed by atoms with Gasteiger partial charge in [-0.15, -0.1) is 24.0 Å². The lowest BCUT2D eigenvalue weighted by Crippen LogP contribution is -2.52. The molecule has 0 saturated carbocycles. The van der Waals surface area contributed by atoms with Crippen molar-refractivity contribution in [3.8, 4) is 0 Å². The summed E-state index contributed by atoms with van der Waals surface area (Å²) in [5.41, 5.74) is 2.31. The van der Waals surface area contributed by atoms with E-state index in [9.17, 15) is 0 Å². The summed E-state index contributed by atoms with van der Waals surface area (Å²) in [6, 6.07) is 10.6. The highest BCUT2D eigenvalue weighted by Gasteiger charge is 2.20. The van der Waals surface area contributed by atoms with Crippen molar-refractivity contribution in [3.63, 3.8) is 0 Å². The molecule has 0 aliphatic carbocycles. The monoisotopic (exact) mass is 469 g/mol. The van der Waals surface area contributed by atoms with E-state index in [2.05, 4.69) is 55.4 Å². The van der Waals surface area contributed by atoms with Gasteiger partial charge in [0.05, 0.1) is 12.2 Å². The lowest BCUT2D eigenvalue weighted by molar-refractivity contribution is 0.172. The summed E-state index contributed by atoms with van der Waals surface area (Å²) < 4.78 is 5.62. The Balaban J connectivity index is 0.00000243. The van der Waals surface area contributed by atoms with Gasteiger partial charge in [0.1, 0.15) is 5.76 Å². The number of nitrogens with one attached hydrogen (secondary N) is 1. The van der Waals surface area contributed by atoms with Gasteiger partial charge in [0.25, 0.3) is 0 Å². The van der Waals surface area contributed by atoms with Crippen LogP contribution in [0.2, 0.25) is 0 Å². The van der Waals surface area contributed by atoms with Gasteiger partial charge in [0.2, 0.25) is 5.89 Å². The Morgan fingerprint density at radius 1 is 1.15 bits per heavy atom. The highest BCUT2D eigenvalue weighted by atomic mass is 127. The molecule has 3 rings (SSSR count). The Hall–Kier alpha value is -1.61. The second-order valence-electron chi connectivity index (χ2n) is 6.40. The van der Waals surface area contributed by atoms with Crippen LogP contribution in [0, 0.1) is 13.8 Å². The number of rotatable bonds is 4. The summed E-state index contributed by atoms with van der Waals surface area (Å²) in [6.07, 6.45) is 0. The van der Waals surface area contributed by atoms with Crippen molar-refractivity contribution < 1.29 is 4.42 Å². The third kappa shape index (κ3) is 5.44. The van der Waals surface area contributed by atoms with Gasteiger partial charge in [0.15, 0.2) is 5.96 Å². The molecule has 1 fully saturated rings. The fourth-order valence-corrected chi connectivity index (χ4v) is 3.06. The first-order valence-corrected chi connectivity index (χ1v) is 8.80. The number of piperazine rings is 1. The molecule has 2 aromatic rings. The number of oxazole rings is 1. The van der Waals surface area contributed by atoms with E-state index in [1.165, 1.54) is 5.56 Å². The average Bonchev–Trinajstić information content (AvgIpc) is 2.95. The zero-order valence-corrected chi connectivity index (χ0v) is 18.1. The maximum atomic E-state index is 5.62. The molecule has 1 aliphatic heterocycles. The lowest BCUT2D eigenvalue weighted by Gasteiger charge is -2.36. The van der Waals surface area contributed by atoms with Gasteiger partial charge in [-0.2, -0.15) is 0 Å². The third-order valence-corrected chi connectivity index (χ3v) is 4.60. The van der Waals surface area contributed by atoms with Crippen LogP contribution < -0.4 is 5.32 Å². The smallest absolute Gasteiger partial charge is 0.214 e. The van der Waals surface area contributed by atoms with Crippen LogP contribution in [0.15, 0.2) is 39.7 Å². The number of guanidine groups is 1. The van der Waals surface area contributed by atoms with Gasteiger partial charge >= 0.3 is 0 Å². The fourth-order valence-electron chi connectivity index (χ4n) is 3.06. The second-order valence-corrected chi connectivity index (χ2v) is 6.40. The highest BCUT2D eigenvalue weighted by molar-refractivity contribution is 14.0. The van der Waals surface area contributed by atoms with Crippen LogP contribution in [0.5, 0.6) is 0 Å². The molecular formula is C19H28IN5O. The Kier molecular flexibility index (Phi) is 7.89. The normalized spacial score (nSPS) is 15.7. The Morgan fingerprint density at radius 2 is 1.85 bits per heavy atom. The van der Waals surface area contributed by atoms with Crippen LogP contribution in [0.3, 0.4) is 0 Å². The number of aryl methyl sites for hydroxylation is 2. The van der Waals surface area contributed by atoms with E-state index in [1.54, 1.807) is 0 Å². The van der Waals surface area contributed by atoms with E-state index in [-0.39, 0.29) is 24.0 Å². The summed E-state index contributed by atoms with van der Waals surface area (Å²) in [5.74, 6) is 2.49. The van der Waals surface area contributed by atoms with Gasteiger partial charge in [-0.05, 0) is 19.4 Å². The van der Waals surface area contributed by atoms with E-state index >= 15 is 0 Å². The number of hydrogen-bond donors (Lipinski definition) is 1. The molecule has 0 bridgehead atoms. The molecule has 1 saturated heterocycles. The molecular weight excluding hydrogens is 441 g/mol. The zero-order chi connectivity index (χ0) is 17.6. The van der Waals surface area contributed by atoms with E-state index < -0.39 is 0 Å². The van der Waals surface area contributed by atoms with Gasteiger partial charge in [-0.3, -0.25) is 9.89 Å². The SMILES string of the molecule is CN=C(NCc1nc(C)c(C)o1)N1CCN(Cc2ccccc2)CC1.I. The van der Waals surface area contributed by atoms with E-state index in [0.717, 1.165) is 50.1 Å². The van der Waals surface area contributed by atoms with Crippen molar-refractivity contribution in [2.24, 2.45) is 4.99 Å². The minimum atomic E-state index is 0. The van der Waals surface area contributed by atoms with Crippen molar-refractivity contribution in [2.75, 3.05) is 33.2 Å². The molecule has 0 spiro atoms. The minimum Gasteiger partial charge on any atom is -0.444 e. The molecule has 0 radical (unpaired) electrons. The van der Waals surface area contributed by atoms with E-state index in [4.69, 9.17) is 4.42 Å². The molecule has 142 valence electrons. The summed E-state index contributed by atoms with van der Waals surface area (Å²) >= 11 is 0. The molecule has 6 nitrogen and oxygen atoms in total. The first kappa shape index (κ1) is 20.7. The Bertz CT molecular complexity index is 688. The quantitative estimate of drug-likeness (QED) is 0.424. The maximum absolute atomic E-state index is 5.62. The molecule has 0 unspecified atom stereocenters. The summed E-state index contributed by atoms with van der Waals surface area (Å²) in [4.78, 5) is 13.6. The van der Waals surface area contributed by atoms with Crippen LogP contribution in [0.4, 0.5) is 0 Å². The number of hydrogen-bond acceptors (Lipinski definition) is 4. The Morgan fingerprint density at radius 3 is 2.42 bits per heavy atom. The molecule has 26 heavy (non-hydrogen) atoms. The third-order valence-electron chi connectivity index (χ3n) is 4.60. The molecule has 1 aromatic heterocycles. The zero-order valence-electron chi connectivity index (χ0n) is 15.7. The van der Waals surface area contributed by atoms with Crippen molar-refractivity contribution >= 4 is 29.9 Å². The number of aromatic nitrogens is 1. The molecule has 2 heterocycles. The van der Waals surface area contributed by atoms with Crippen LogP contribution in [0.1, 0.15) is 22.9 Å². The highest BCUT2D eigenvalue weighted by Crippen LogP contribution is 2.10. The predicted molar refractivity (Wildman–Crippen MR) is 115 cm³/mol. The molecule has 7 heteroatoms. The van der Waals surface area contributed by atoms with Gasteiger partial charge in [-0.25, -0.2) is 4.98 Å². The number of benzene rings is 1. The van der Waals surface area contributed by atoms with E-state index in [1.807, 2.05) is 20.9 Å². The Labute approximate surface area is 172 Å². The van der Waals surface area contributed by atoms with Gasteiger partial charge in [0, 0.05) is 39.8 Å². The van der Waals surface area contributed by atoms with Crippen molar-refractivity contribution in [3.05, 3.63) is 53.2 Å². The number of aliphatic imine (C=N–C) groups is 1. The summed E-state index contributed by atoms with van der Waals surface area (Å²) in [6.45, 7) is 9.48. The summed E-state index contributed by atoms with van der Waals surface area (Å²) in [7, 11) is 1.82. The predicted octanol–water partition coefficient (Wildman–Crippen LogP) is 2.80. The molecule has 0 amide bonds. The van der Waals surface area contributed by atoms with Crippen LogP contribution >= 0.6 is 24.0 Å². The van der Waals surface area contributed by atoms with Gasteiger partial charge < -0.3 is 14.6 Å². The second kappa shape index (κ2) is 9.91. The molecule has 1 aliphatic rings. The standard InChI is InChI=1S/C19H27N5O.HI/c1-15-16(2)25-18(22-15)13-21-19(20-3)24-11-9-23(10-12-24)14-17-7-5-4-6-8-17;/h4-8H,9-14H2,1-3H3,(H,20,21);1H. The fraction of sp³-hybridized carbons (Fsp3) is 0.474. The van der Waals surface area contributed by atoms with Crippen LogP contribution in [0.25, 0.3) is 0 Å². The van der Waals surface area contributed by atoms with Crippen molar-refractivity contribution in [1.29, 1.82) is 0 Å². The number of nitrogens with zero attached hydrogens (tertiary/aromatic N) is 4. The van der Waals surface area contributed by atoms with Gasteiger partial charge in [-0.1, -0.05) is 30.3 Å². The largest absolute Gasteiger partial charge is 0.444 e. The van der Waals surface area contributed by atoms with Crippen LogP contribution in [-0.4, -0.2) is 54.0 Å². The summed E-state index contributed by atoms with van der Waals surface area (Å²) in [5, 5.41) is 3.36. The maximum Gasteiger partial charge on any atom is 0.214 e. The molecule has 1 N–H and O–H groups in total. The molecule has 1 aromatic carbocycles. The lowest BCUT2D eigenvalue weighted by atomic mass is 10.2. The first-order valence-electron chi connectivity index (χ1n) is 8.80. The van der Waals surface area contributed by atoms with Crippen molar-refractivity contribution in [2.45, 2.75) is 26.9 Å². The van der Waals surface area contributed by atoms with Crippen molar-refractivity contribution in [1.82, 2.24) is 20.1 Å². The first-order chi connectivity index (χ1) is 12.2. The van der Waals surface area contributed by atoms with E-state index in [0.29, 0.717) is 12.4 Å². The van der Waals surface area contributed by atoms with Crippen LogP contribution in [-0.2, 0) is 13.1 Å². The number of halogens is 1. The molecule has 0 atom stereocenters. The average molecular weight is 469 g/mol. The topological polar surface area (TPSA) is 56.9 Å².